The van der Waals surface area contributed by atoms with E-state index in [9.17, 15) is 18.0 Å². The highest BCUT2D eigenvalue weighted by Gasteiger charge is 2.30. The molecule has 0 saturated carbocycles. The van der Waals surface area contributed by atoms with Crippen molar-refractivity contribution in [3.05, 3.63) is 0 Å². The van der Waals surface area contributed by atoms with Crippen LogP contribution in [0, 0.1) is 5.92 Å². The second-order valence-corrected chi connectivity index (χ2v) is 5.29. The quantitative estimate of drug-likeness (QED) is 0.827. The molecule has 0 aliphatic carbocycles. The summed E-state index contributed by atoms with van der Waals surface area (Å²) in [6.07, 6.45) is -2.52. The third-order valence-electron chi connectivity index (χ3n) is 3.06. The van der Waals surface area contributed by atoms with E-state index in [0.717, 1.165) is 19.4 Å². The Labute approximate surface area is 111 Å². The van der Waals surface area contributed by atoms with Gasteiger partial charge in [0.15, 0.2) is 0 Å². The topological polar surface area (TPSA) is 44.4 Å². The number of likely N-dealkylation sites (tertiary alicyclic amines) is 1. The van der Waals surface area contributed by atoms with Gasteiger partial charge in [0.1, 0.15) is 6.54 Å². The summed E-state index contributed by atoms with van der Waals surface area (Å²) < 4.78 is 36.1. The number of alkyl halides is 3. The standard InChI is InChI=1S/C12H22F3N3O/c1-9(2)16-6-10-4-3-5-18(7-10)11(19)17-8-12(13,14)15/h9-10,16H,3-8H2,1-2H3,(H,17,19). The van der Waals surface area contributed by atoms with Gasteiger partial charge in [0, 0.05) is 19.1 Å². The van der Waals surface area contributed by atoms with Crippen LogP contribution in [0.15, 0.2) is 0 Å². The third-order valence-corrected chi connectivity index (χ3v) is 3.06. The van der Waals surface area contributed by atoms with Gasteiger partial charge in [0.2, 0.25) is 0 Å². The number of urea groups is 1. The third kappa shape index (κ3) is 6.66. The molecule has 1 saturated heterocycles. The first kappa shape index (κ1) is 16.1. The Morgan fingerprint density at radius 3 is 2.68 bits per heavy atom. The molecule has 0 radical (unpaired) electrons. The molecule has 1 aliphatic heterocycles. The molecule has 4 nitrogen and oxygen atoms in total. The molecule has 0 spiro atoms. The van der Waals surface area contributed by atoms with E-state index in [1.165, 1.54) is 4.90 Å². The van der Waals surface area contributed by atoms with Gasteiger partial charge >= 0.3 is 12.2 Å². The Morgan fingerprint density at radius 2 is 2.11 bits per heavy atom. The zero-order valence-electron chi connectivity index (χ0n) is 11.4. The van der Waals surface area contributed by atoms with Crippen LogP contribution in [0.25, 0.3) is 0 Å². The van der Waals surface area contributed by atoms with Crippen molar-refractivity contribution >= 4 is 6.03 Å². The van der Waals surface area contributed by atoms with Gasteiger partial charge in [-0.2, -0.15) is 13.2 Å². The lowest BCUT2D eigenvalue weighted by Gasteiger charge is -2.33. The highest BCUT2D eigenvalue weighted by Crippen LogP contribution is 2.17. The average molecular weight is 281 g/mol. The summed E-state index contributed by atoms with van der Waals surface area (Å²) in [4.78, 5) is 13.1. The lowest BCUT2D eigenvalue weighted by atomic mass is 9.98. The number of hydrogen-bond donors (Lipinski definition) is 2. The van der Waals surface area contributed by atoms with Crippen molar-refractivity contribution in [2.24, 2.45) is 5.92 Å². The molecule has 2 amide bonds. The highest BCUT2D eigenvalue weighted by atomic mass is 19.4. The number of amides is 2. The number of carbonyl (C=O) groups is 1. The van der Waals surface area contributed by atoms with Crippen molar-refractivity contribution < 1.29 is 18.0 Å². The van der Waals surface area contributed by atoms with E-state index >= 15 is 0 Å². The first-order valence-electron chi connectivity index (χ1n) is 6.61. The summed E-state index contributed by atoms with van der Waals surface area (Å²) in [5.74, 6) is 0.313. The Balaban J connectivity index is 2.35. The van der Waals surface area contributed by atoms with Gasteiger partial charge in [0.25, 0.3) is 0 Å². The van der Waals surface area contributed by atoms with Crippen LogP contribution in [0.5, 0.6) is 0 Å². The monoisotopic (exact) mass is 281 g/mol. The van der Waals surface area contributed by atoms with Gasteiger partial charge < -0.3 is 15.5 Å². The van der Waals surface area contributed by atoms with Crippen LogP contribution in [0.3, 0.4) is 0 Å². The van der Waals surface area contributed by atoms with Gasteiger partial charge in [0.05, 0.1) is 0 Å². The fourth-order valence-corrected chi connectivity index (χ4v) is 2.11. The zero-order valence-corrected chi connectivity index (χ0v) is 11.4. The highest BCUT2D eigenvalue weighted by molar-refractivity contribution is 5.74. The molecule has 0 bridgehead atoms. The number of rotatable bonds is 4. The lowest BCUT2D eigenvalue weighted by molar-refractivity contribution is -0.123. The van der Waals surface area contributed by atoms with Gasteiger partial charge in [-0.25, -0.2) is 4.79 Å². The first-order chi connectivity index (χ1) is 8.78. The van der Waals surface area contributed by atoms with E-state index in [1.807, 2.05) is 19.2 Å². The fraction of sp³-hybridized carbons (Fsp3) is 0.917. The van der Waals surface area contributed by atoms with E-state index in [4.69, 9.17) is 0 Å². The molecule has 1 fully saturated rings. The van der Waals surface area contributed by atoms with E-state index < -0.39 is 18.8 Å². The minimum absolute atomic E-state index is 0.313. The van der Waals surface area contributed by atoms with Crippen molar-refractivity contribution in [2.45, 2.75) is 38.9 Å². The SMILES string of the molecule is CC(C)NCC1CCCN(C(=O)NCC(F)(F)F)C1. The molecule has 0 aromatic carbocycles. The summed E-state index contributed by atoms with van der Waals surface area (Å²) in [6.45, 7) is 4.65. The Morgan fingerprint density at radius 1 is 1.42 bits per heavy atom. The van der Waals surface area contributed by atoms with Gasteiger partial charge in [-0.1, -0.05) is 13.8 Å². The molecule has 2 N–H and O–H groups in total. The summed E-state index contributed by atoms with van der Waals surface area (Å²) >= 11 is 0. The van der Waals surface area contributed by atoms with Crippen molar-refractivity contribution in [2.75, 3.05) is 26.2 Å². The number of nitrogens with zero attached hydrogens (tertiary/aromatic N) is 1. The van der Waals surface area contributed by atoms with Gasteiger partial charge in [-0.05, 0) is 25.3 Å². The second-order valence-electron chi connectivity index (χ2n) is 5.29. The average Bonchev–Trinajstić information content (AvgIpc) is 2.33. The van der Waals surface area contributed by atoms with E-state index in [2.05, 4.69) is 5.32 Å². The van der Waals surface area contributed by atoms with E-state index in [1.54, 1.807) is 0 Å². The van der Waals surface area contributed by atoms with Crippen LogP contribution in [0.4, 0.5) is 18.0 Å². The predicted octanol–water partition coefficient (Wildman–Crippen LogP) is 1.97. The van der Waals surface area contributed by atoms with Crippen LogP contribution in [0.2, 0.25) is 0 Å². The molecule has 7 heteroatoms. The normalized spacial score (nSPS) is 20.7. The van der Waals surface area contributed by atoms with Crippen molar-refractivity contribution in [1.82, 2.24) is 15.5 Å². The molecule has 0 aromatic heterocycles. The number of carbonyl (C=O) groups excluding carboxylic acids is 1. The minimum Gasteiger partial charge on any atom is -0.329 e. The smallest absolute Gasteiger partial charge is 0.329 e. The van der Waals surface area contributed by atoms with Crippen LogP contribution < -0.4 is 10.6 Å². The van der Waals surface area contributed by atoms with E-state index in [0.29, 0.717) is 25.0 Å². The predicted molar refractivity (Wildman–Crippen MR) is 66.9 cm³/mol. The lowest BCUT2D eigenvalue weighted by Crippen LogP contribution is -2.49. The fourth-order valence-electron chi connectivity index (χ4n) is 2.11. The molecular formula is C12H22F3N3O. The minimum atomic E-state index is -4.36. The Bertz CT molecular complexity index is 294. The number of hydrogen-bond acceptors (Lipinski definition) is 2. The number of halogens is 3. The van der Waals surface area contributed by atoms with Crippen LogP contribution in [-0.4, -0.2) is 49.3 Å². The summed E-state index contributed by atoms with van der Waals surface area (Å²) in [7, 11) is 0. The first-order valence-corrected chi connectivity index (χ1v) is 6.61. The molecule has 1 atom stereocenters. The molecule has 1 aliphatic rings. The largest absolute Gasteiger partial charge is 0.405 e. The number of nitrogens with one attached hydrogen (secondary N) is 2. The van der Waals surface area contributed by atoms with Crippen LogP contribution >= 0.6 is 0 Å². The maximum Gasteiger partial charge on any atom is 0.405 e. The molecule has 0 aromatic rings. The molecule has 19 heavy (non-hydrogen) atoms. The van der Waals surface area contributed by atoms with E-state index in [-0.39, 0.29) is 0 Å². The van der Waals surface area contributed by atoms with Crippen molar-refractivity contribution in [3.63, 3.8) is 0 Å². The van der Waals surface area contributed by atoms with Crippen LogP contribution in [0.1, 0.15) is 26.7 Å². The zero-order chi connectivity index (χ0) is 14.5. The molecule has 1 heterocycles. The molecule has 1 rings (SSSR count). The molecule has 1 unspecified atom stereocenters. The van der Waals surface area contributed by atoms with Crippen molar-refractivity contribution in [3.8, 4) is 0 Å². The summed E-state index contributed by atoms with van der Waals surface area (Å²) in [5.41, 5.74) is 0. The van der Waals surface area contributed by atoms with Crippen LogP contribution in [-0.2, 0) is 0 Å². The number of piperidine rings is 1. The second kappa shape index (κ2) is 6.98. The maximum atomic E-state index is 12.0. The Kier molecular flexibility index (Phi) is 5.90. The molecule has 112 valence electrons. The molecular weight excluding hydrogens is 259 g/mol. The summed E-state index contributed by atoms with van der Waals surface area (Å²) in [6, 6.07) is -0.249. The maximum absolute atomic E-state index is 12.0. The summed E-state index contributed by atoms with van der Waals surface area (Å²) in [5, 5.41) is 5.21. The van der Waals surface area contributed by atoms with Crippen molar-refractivity contribution in [1.29, 1.82) is 0 Å². The van der Waals surface area contributed by atoms with Gasteiger partial charge in [-0.15, -0.1) is 0 Å². The Hall–Kier alpha value is -0.980. The van der Waals surface area contributed by atoms with Gasteiger partial charge in [-0.3, -0.25) is 0 Å².